The van der Waals surface area contributed by atoms with E-state index in [1.165, 1.54) is 180 Å². The summed E-state index contributed by atoms with van der Waals surface area (Å²) in [7, 11) is 0. The SMILES string of the molecule is CCCCCCCCCCCCCCCCCCCCCCCCCCCCCCCCCC(O)C(COC1OC(CO)C(O)C(O)C1O)NC(=O)CCC. The molecule has 0 radical (unpaired) electrons. The molecular formula is C46H91NO8. The van der Waals surface area contributed by atoms with Gasteiger partial charge in [-0.15, -0.1) is 0 Å². The lowest BCUT2D eigenvalue weighted by Gasteiger charge is -2.40. The molecule has 9 heteroatoms. The summed E-state index contributed by atoms with van der Waals surface area (Å²) in [4.78, 5) is 12.3. The summed E-state index contributed by atoms with van der Waals surface area (Å²) in [6.45, 7) is 3.50. The molecule has 1 amide bonds. The van der Waals surface area contributed by atoms with Gasteiger partial charge in [0, 0.05) is 6.42 Å². The molecule has 0 spiro atoms. The Morgan fingerprint density at radius 1 is 0.545 bits per heavy atom. The van der Waals surface area contributed by atoms with Crippen LogP contribution in [-0.2, 0) is 14.3 Å². The monoisotopic (exact) mass is 786 g/mol. The van der Waals surface area contributed by atoms with Gasteiger partial charge in [-0.1, -0.05) is 213 Å². The minimum atomic E-state index is -1.54. The summed E-state index contributed by atoms with van der Waals surface area (Å²) >= 11 is 0. The first-order chi connectivity index (χ1) is 26.8. The molecule has 7 unspecified atom stereocenters. The highest BCUT2D eigenvalue weighted by molar-refractivity contribution is 5.76. The van der Waals surface area contributed by atoms with Gasteiger partial charge in [0.1, 0.15) is 24.4 Å². The zero-order chi connectivity index (χ0) is 40.2. The predicted molar refractivity (Wildman–Crippen MR) is 226 cm³/mol. The predicted octanol–water partition coefficient (Wildman–Crippen LogP) is 9.95. The molecule has 1 aliphatic rings. The van der Waals surface area contributed by atoms with Crippen LogP contribution in [0.5, 0.6) is 0 Å². The summed E-state index contributed by atoms with van der Waals surface area (Å²) in [6.07, 6.45) is 36.1. The van der Waals surface area contributed by atoms with Crippen molar-refractivity contribution in [3.05, 3.63) is 0 Å². The summed E-state index contributed by atoms with van der Waals surface area (Å²) in [6, 6.07) is -0.708. The Bertz CT molecular complexity index is 832. The molecule has 1 aliphatic heterocycles. The molecule has 0 aliphatic carbocycles. The van der Waals surface area contributed by atoms with Gasteiger partial charge in [-0.3, -0.25) is 4.79 Å². The Kier molecular flexibility index (Phi) is 35.6. The van der Waals surface area contributed by atoms with E-state index in [-0.39, 0.29) is 12.5 Å². The molecule has 7 atom stereocenters. The van der Waals surface area contributed by atoms with Gasteiger partial charge in [-0.2, -0.15) is 0 Å². The van der Waals surface area contributed by atoms with Gasteiger partial charge in [0.05, 0.1) is 25.4 Å². The van der Waals surface area contributed by atoms with Crippen molar-refractivity contribution in [3.8, 4) is 0 Å². The second-order valence-electron chi connectivity index (χ2n) is 16.9. The highest BCUT2D eigenvalue weighted by atomic mass is 16.7. The fourth-order valence-electron chi connectivity index (χ4n) is 7.91. The van der Waals surface area contributed by atoms with E-state index in [1.807, 2.05) is 6.92 Å². The van der Waals surface area contributed by atoms with Crippen LogP contribution in [0, 0.1) is 0 Å². The summed E-state index contributed by atoms with van der Waals surface area (Å²) < 4.78 is 11.1. The van der Waals surface area contributed by atoms with Gasteiger partial charge < -0.3 is 40.3 Å². The van der Waals surface area contributed by atoms with Crippen LogP contribution >= 0.6 is 0 Å². The van der Waals surface area contributed by atoms with Crippen molar-refractivity contribution in [3.63, 3.8) is 0 Å². The quantitative estimate of drug-likeness (QED) is 0.0337. The number of unbranched alkanes of at least 4 members (excludes halogenated alkanes) is 30. The van der Waals surface area contributed by atoms with Crippen LogP contribution in [0.3, 0.4) is 0 Å². The molecular weight excluding hydrogens is 695 g/mol. The Labute approximate surface area is 338 Å². The normalized spacial score (nSPS) is 21.2. The number of nitrogens with one attached hydrogen (secondary N) is 1. The lowest BCUT2D eigenvalue weighted by Crippen LogP contribution is -2.60. The van der Waals surface area contributed by atoms with Crippen LogP contribution in [-0.4, -0.2) is 87.5 Å². The summed E-state index contributed by atoms with van der Waals surface area (Å²) in [5.41, 5.74) is 0. The summed E-state index contributed by atoms with van der Waals surface area (Å²) in [5.74, 6) is -0.195. The van der Waals surface area contributed by atoms with Crippen LogP contribution in [0.1, 0.15) is 232 Å². The lowest BCUT2D eigenvalue weighted by atomic mass is 9.99. The van der Waals surface area contributed by atoms with Crippen molar-refractivity contribution in [1.82, 2.24) is 5.32 Å². The number of rotatable bonds is 40. The molecule has 0 aromatic carbocycles. The van der Waals surface area contributed by atoms with Crippen molar-refractivity contribution in [2.24, 2.45) is 0 Å². The van der Waals surface area contributed by atoms with E-state index in [4.69, 9.17) is 9.47 Å². The maximum atomic E-state index is 12.3. The van der Waals surface area contributed by atoms with Gasteiger partial charge in [-0.25, -0.2) is 0 Å². The van der Waals surface area contributed by atoms with Gasteiger partial charge in [-0.05, 0) is 12.8 Å². The standard InChI is InChI=1S/C46H91NO8/c1-3-5-6-7-8-9-10-11-12-13-14-15-16-17-18-19-20-21-22-23-24-25-26-27-28-29-30-31-32-33-34-36-40(49)39(47-42(50)35-4-2)38-54-46-45(53)44(52)43(51)41(37-48)55-46/h39-41,43-46,48-49,51-53H,3-38H2,1-2H3,(H,47,50). The highest BCUT2D eigenvalue weighted by Crippen LogP contribution is 2.23. The van der Waals surface area contributed by atoms with Gasteiger partial charge >= 0.3 is 0 Å². The maximum absolute atomic E-state index is 12.3. The average molecular weight is 786 g/mol. The third-order valence-corrected chi connectivity index (χ3v) is 11.7. The molecule has 55 heavy (non-hydrogen) atoms. The fraction of sp³-hybridized carbons (Fsp3) is 0.978. The minimum Gasteiger partial charge on any atom is -0.394 e. The zero-order valence-corrected chi connectivity index (χ0v) is 36.0. The first-order valence-corrected chi connectivity index (χ1v) is 23.7. The molecule has 1 fully saturated rings. The zero-order valence-electron chi connectivity index (χ0n) is 36.0. The van der Waals surface area contributed by atoms with E-state index < -0.39 is 49.5 Å². The van der Waals surface area contributed by atoms with Gasteiger partial charge in [0.25, 0.3) is 0 Å². The number of aliphatic hydroxyl groups is 5. The lowest BCUT2D eigenvalue weighted by molar-refractivity contribution is -0.302. The first-order valence-electron chi connectivity index (χ1n) is 23.7. The second kappa shape index (κ2) is 37.5. The van der Waals surface area contributed by atoms with Crippen molar-refractivity contribution in [2.75, 3.05) is 13.2 Å². The number of hydrogen-bond acceptors (Lipinski definition) is 8. The maximum Gasteiger partial charge on any atom is 0.220 e. The molecule has 0 saturated carbocycles. The molecule has 1 rings (SSSR count). The van der Waals surface area contributed by atoms with Crippen molar-refractivity contribution in [2.45, 2.75) is 275 Å². The number of carbonyl (C=O) groups is 1. The molecule has 1 heterocycles. The van der Waals surface area contributed by atoms with E-state index >= 15 is 0 Å². The van der Waals surface area contributed by atoms with Crippen molar-refractivity contribution < 1.29 is 39.8 Å². The van der Waals surface area contributed by atoms with Crippen LogP contribution in [0.2, 0.25) is 0 Å². The molecule has 0 aromatic rings. The molecule has 0 bridgehead atoms. The van der Waals surface area contributed by atoms with Crippen molar-refractivity contribution in [1.29, 1.82) is 0 Å². The topological polar surface area (TPSA) is 149 Å². The van der Waals surface area contributed by atoms with E-state index in [9.17, 15) is 30.3 Å². The number of ether oxygens (including phenoxy) is 2. The molecule has 1 saturated heterocycles. The largest absolute Gasteiger partial charge is 0.394 e. The van der Waals surface area contributed by atoms with Crippen LogP contribution in [0.4, 0.5) is 0 Å². The Balaban J connectivity index is 1.93. The van der Waals surface area contributed by atoms with E-state index in [0.29, 0.717) is 19.3 Å². The number of aliphatic hydroxyl groups excluding tert-OH is 5. The van der Waals surface area contributed by atoms with E-state index in [1.54, 1.807) is 0 Å². The average Bonchev–Trinajstić information content (AvgIpc) is 3.18. The Morgan fingerprint density at radius 3 is 1.25 bits per heavy atom. The molecule has 9 nitrogen and oxygen atoms in total. The van der Waals surface area contributed by atoms with Crippen LogP contribution < -0.4 is 5.32 Å². The van der Waals surface area contributed by atoms with Crippen LogP contribution in [0.15, 0.2) is 0 Å². The minimum absolute atomic E-state index is 0.140. The van der Waals surface area contributed by atoms with Gasteiger partial charge in [0.2, 0.25) is 5.91 Å². The smallest absolute Gasteiger partial charge is 0.220 e. The highest BCUT2D eigenvalue weighted by Gasteiger charge is 2.44. The summed E-state index contributed by atoms with van der Waals surface area (Å²) in [5, 5.41) is 53.5. The molecule has 328 valence electrons. The van der Waals surface area contributed by atoms with E-state index in [2.05, 4.69) is 12.2 Å². The third-order valence-electron chi connectivity index (χ3n) is 11.7. The number of hydrogen-bond donors (Lipinski definition) is 6. The second-order valence-corrected chi connectivity index (χ2v) is 16.9. The Morgan fingerprint density at radius 2 is 0.909 bits per heavy atom. The van der Waals surface area contributed by atoms with E-state index in [0.717, 1.165) is 19.3 Å². The van der Waals surface area contributed by atoms with Gasteiger partial charge in [0.15, 0.2) is 6.29 Å². The molecule has 6 N–H and O–H groups in total. The fourth-order valence-corrected chi connectivity index (χ4v) is 7.91. The first kappa shape index (κ1) is 52.2. The number of amides is 1. The van der Waals surface area contributed by atoms with Crippen molar-refractivity contribution >= 4 is 5.91 Å². The van der Waals surface area contributed by atoms with Crippen LogP contribution in [0.25, 0.3) is 0 Å². The molecule has 0 aromatic heterocycles. The Hall–Kier alpha value is -0.810. The number of carbonyl (C=O) groups excluding carboxylic acids is 1. The third kappa shape index (κ3) is 28.3.